The third kappa shape index (κ3) is 8.03. The molecule has 2 atom stereocenters. The lowest BCUT2D eigenvalue weighted by Gasteiger charge is -2.43. The zero-order valence-electron chi connectivity index (χ0n) is 26.8. The summed E-state index contributed by atoms with van der Waals surface area (Å²) in [4.78, 5) is 19.4. The van der Waals surface area contributed by atoms with Crippen LogP contribution in [-0.2, 0) is 16.6 Å². The summed E-state index contributed by atoms with van der Waals surface area (Å²) in [5.74, 6) is 1.15. The van der Waals surface area contributed by atoms with Gasteiger partial charge in [0.15, 0.2) is 5.78 Å². The average Bonchev–Trinajstić information content (AvgIpc) is 3.22. The Kier molecular flexibility index (Phi) is 10.8. The zero-order valence-corrected chi connectivity index (χ0v) is 26.8. The fraction of sp³-hybridized carbons (Fsp3) is 0.649. The van der Waals surface area contributed by atoms with Gasteiger partial charge in [-0.1, -0.05) is 55.2 Å². The van der Waals surface area contributed by atoms with Crippen molar-refractivity contribution in [1.29, 1.82) is 0 Å². The van der Waals surface area contributed by atoms with Crippen LogP contribution in [0.1, 0.15) is 93.9 Å². The van der Waals surface area contributed by atoms with Gasteiger partial charge >= 0.3 is 0 Å². The number of hydrogen-bond donors (Lipinski definition) is 1. The normalized spacial score (nSPS) is 24.9. The molecule has 1 N–H and O–H groups in total. The van der Waals surface area contributed by atoms with Crippen LogP contribution in [0.25, 0.3) is 0 Å². The smallest absolute Gasteiger partial charge is 0.154 e. The largest absolute Gasteiger partial charge is 0.491 e. The number of aryl methyl sites for hydroxylation is 2. The van der Waals surface area contributed by atoms with E-state index in [4.69, 9.17) is 4.74 Å². The molecular weight excluding hydrogens is 518 g/mol. The highest BCUT2D eigenvalue weighted by Crippen LogP contribution is 2.42. The quantitative estimate of drug-likeness (QED) is 0.346. The van der Waals surface area contributed by atoms with Crippen LogP contribution in [0.4, 0.5) is 0 Å². The van der Waals surface area contributed by atoms with Crippen molar-refractivity contribution in [3.8, 4) is 5.75 Å². The molecule has 1 saturated carbocycles. The molecule has 2 saturated heterocycles. The Morgan fingerprint density at radius 1 is 1.00 bits per heavy atom. The van der Waals surface area contributed by atoms with E-state index >= 15 is 0 Å². The van der Waals surface area contributed by atoms with Crippen molar-refractivity contribution >= 4 is 5.78 Å². The van der Waals surface area contributed by atoms with E-state index in [0.29, 0.717) is 12.2 Å². The van der Waals surface area contributed by atoms with Crippen molar-refractivity contribution in [2.45, 2.75) is 116 Å². The molecule has 2 aromatic rings. The van der Waals surface area contributed by atoms with Gasteiger partial charge in [0.2, 0.25) is 0 Å². The maximum atomic E-state index is 13.9. The van der Waals surface area contributed by atoms with E-state index in [2.05, 4.69) is 53.2 Å². The van der Waals surface area contributed by atoms with Crippen molar-refractivity contribution < 1.29 is 9.53 Å². The van der Waals surface area contributed by atoms with Gasteiger partial charge in [0.25, 0.3) is 0 Å². The predicted octanol–water partition coefficient (Wildman–Crippen LogP) is 6.62. The monoisotopic (exact) mass is 573 g/mol. The molecule has 0 aromatic heterocycles. The van der Waals surface area contributed by atoms with Crippen LogP contribution in [0.3, 0.4) is 0 Å². The van der Waals surface area contributed by atoms with Crippen LogP contribution in [0.15, 0.2) is 42.5 Å². The third-order valence-electron chi connectivity index (χ3n) is 10.2. The number of carbonyl (C=O) groups excluding carboxylic acids is 1. The van der Waals surface area contributed by atoms with Crippen LogP contribution in [0.2, 0.25) is 0 Å². The molecule has 0 amide bonds. The van der Waals surface area contributed by atoms with Gasteiger partial charge in [-0.05, 0) is 114 Å². The molecule has 42 heavy (non-hydrogen) atoms. The molecule has 0 bridgehead atoms. The second-order valence-electron chi connectivity index (χ2n) is 13.8. The molecule has 5 rings (SSSR count). The van der Waals surface area contributed by atoms with E-state index in [9.17, 15) is 4.79 Å². The Bertz CT molecular complexity index is 1170. The number of benzene rings is 2. The third-order valence-corrected chi connectivity index (χ3v) is 10.2. The SMILES string of the molecule is Cc1ccc(C)c(C2(CCN3CCN(C4CCCCC4)CC3)CCCNC(C(=O)Cc3cccc(OC(C)C)c3)C2)c1. The maximum Gasteiger partial charge on any atom is 0.154 e. The van der Waals surface area contributed by atoms with E-state index < -0.39 is 0 Å². The summed E-state index contributed by atoms with van der Waals surface area (Å²) in [6.07, 6.45) is 11.8. The number of nitrogens with one attached hydrogen (secondary N) is 1. The molecule has 230 valence electrons. The summed E-state index contributed by atoms with van der Waals surface area (Å²) in [5.41, 5.74) is 5.20. The Labute approximate surface area is 255 Å². The van der Waals surface area contributed by atoms with E-state index in [0.717, 1.165) is 56.1 Å². The summed E-state index contributed by atoms with van der Waals surface area (Å²) >= 11 is 0. The Morgan fingerprint density at radius 2 is 1.79 bits per heavy atom. The van der Waals surface area contributed by atoms with Crippen molar-refractivity contribution in [1.82, 2.24) is 15.1 Å². The number of rotatable bonds is 10. The number of piperazine rings is 1. The van der Waals surface area contributed by atoms with Crippen LogP contribution >= 0.6 is 0 Å². The van der Waals surface area contributed by atoms with E-state index in [1.807, 2.05) is 32.0 Å². The highest BCUT2D eigenvalue weighted by Gasteiger charge is 2.40. The van der Waals surface area contributed by atoms with Gasteiger partial charge in [-0.3, -0.25) is 9.69 Å². The standard InChI is InChI=1S/C37H55N3O2/c1-28(2)42-33-13-8-10-31(25-33)26-36(41)35-27-37(16-9-18-38-35,34-24-29(3)14-15-30(34)4)17-19-39-20-22-40(23-21-39)32-11-6-5-7-12-32/h8,10,13-15,24-25,28,32,35,38H,5-7,9,11-12,16-23,26-27H2,1-4H3. The topological polar surface area (TPSA) is 44.8 Å². The number of carbonyl (C=O) groups is 1. The predicted molar refractivity (Wildman–Crippen MR) is 174 cm³/mol. The second kappa shape index (κ2) is 14.5. The van der Waals surface area contributed by atoms with Crippen molar-refractivity contribution in [3.05, 3.63) is 64.7 Å². The highest BCUT2D eigenvalue weighted by atomic mass is 16.5. The lowest BCUT2D eigenvalue weighted by atomic mass is 9.68. The molecule has 2 aliphatic heterocycles. The molecule has 3 fully saturated rings. The molecule has 5 heteroatoms. The molecular formula is C37H55N3O2. The maximum absolute atomic E-state index is 13.9. The summed E-state index contributed by atoms with van der Waals surface area (Å²) in [7, 11) is 0. The fourth-order valence-corrected chi connectivity index (χ4v) is 7.90. The summed E-state index contributed by atoms with van der Waals surface area (Å²) in [5, 5.41) is 3.69. The van der Waals surface area contributed by atoms with Gasteiger partial charge in [0.05, 0.1) is 12.1 Å². The Morgan fingerprint density at radius 3 is 2.55 bits per heavy atom. The summed E-state index contributed by atoms with van der Waals surface area (Å²) < 4.78 is 5.91. The van der Waals surface area contributed by atoms with Gasteiger partial charge in [0.1, 0.15) is 5.75 Å². The first kappa shape index (κ1) is 31.2. The summed E-state index contributed by atoms with van der Waals surface area (Å²) in [6.45, 7) is 15.4. The van der Waals surface area contributed by atoms with E-state index in [1.165, 1.54) is 75.0 Å². The van der Waals surface area contributed by atoms with Crippen LogP contribution < -0.4 is 10.1 Å². The molecule has 2 aromatic carbocycles. The Balaban J connectivity index is 1.30. The van der Waals surface area contributed by atoms with Gasteiger partial charge in [0, 0.05) is 38.6 Å². The molecule has 2 heterocycles. The Hall–Kier alpha value is -2.21. The highest BCUT2D eigenvalue weighted by molar-refractivity contribution is 5.86. The van der Waals surface area contributed by atoms with Crippen molar-refractivity contribution in [2.75, 3.05) is 39.3 Å². The van der Waals surface area contributed by atoms with Gasteiger partial charge < -0.3 is 15.0 Å². The minimum Gasteiger partial charge on any atom is -0.491 e. The molecule has 0 spiro atoms. The molecule has 1 aliphatic carbocycles. The van der Waals surface area contributed by atoms with Gasteiger partial charge in [-0.2, -0.15) is 0 Å². The fourth-order valence-electron chi connectivity index (χ4n) is 7.90. The van der Waals surface area contributed by atoms with Crippen LogP contribution in [0, 0.1) is 13.8 Å². The number of hydrogen-bond acceptors (Lipinski definition) is 5. The lowest BCUT2D eigenvalue weighted by Crippen LogP contribution is -2.51. The van der Waals surface area contributed by atoms with E-state index in [-0.39, 0.29) is 17.6 Å². The first-order chi connectivity index (χ1) is 20.3. The number of nitrogens with zero attached hydrogens (tertiary/aromatic N) is 2. The number of ether oxygens (including phenoxy) is 1. The minimum absolute atomic E-state index is 0.00301. The van der Waals surface area contributed by atoms with Gasteiger partial charge in [-0.15, -0.1) is 0 Å². The minimum atomic E-state index is -0.134. The van der Waals surface area contributed by atoms with Crippen molar-refractivity contribution in [3.63, 3.8) is 0 Å². The molecule has 2 unspecified atom stereocenters. The lowest BCUT2D eigenvalue weighted by molar-refractivity contribution is -0.120. The number of Topliss-reactive ketones (excluding diaryl/α,β-unsaturated/α-hetero) is 1. The van der Waals surface area contributed by atoms with Crippen LogP contribution in [0.5, 0.6) is 5.75 Å². The average molecular weight is 574 g/mol. The zero-order chi connectivity index (χ0) is 29.5. The van der Waals surface area contributed by atoms with Crippen LogP contribution in [-0.4, -0.2) is 73.0 Å². The first-order valence-corrected chi connectivity index (χ1v) is 16.9. The first-order valence-electron chi connectivity index (χ1n) is 16.9. The molecule has 0 radical (unpaired) electrons. The molecule has 5 nitrogen and oxygen atoms in total. The van der Waals surface area contributed by atoms with Gasteiger partial charge in [-0.25, -0.2) is 0 Å². The molecule has 3 aliphatic rings. The summed E-state index contributed by atoms with van der Waals surface area (Å²) in [6, 6.07) is 15.7. The second-order valence-corrected chi connectivity index (χ2v) is 13.8. The number of ketones is 1. The van der Waals surface area contributed by atoms with E-state index in [1.54, 1.807) is 0 Å². The van der Waals surface area contributed by atoms with Crippen molar-refractivity contribution in [2.24, 2.45) is 0 Å².